The molecule has 0 radical (unpaired) electrons. The third-order valence-electron chi connectivity index (χ3n) is 8.62. The van der Waals surface area contributed by atoms with Crippen molar-refractivity contribution in [1.29, 1.82) is 0 Å². The van der Waals surface area contributed by atoms with Gasteiger partial charge in [0.25, 0.3) is 5.91 Å². The summed E-state index contributed by atoms with van der Waals surface area (Å²) in [4.78, 5) is 38.4. The van der Waals surface area contributed by atoms with E-state index in [2.05, 4.69) is 15.7 Å². The van der Waals surface area contributed by atoms with Gasteiger partial charge in [-0.1, -0.05) is 62.4 Å². The summed E-state index contributed by atoms with van der Waals surface area (Å²) >= 11 is 0. The van der Waals surface area contributed by atoms with Crippen LogP contribution in [0.3, 0.4) is 0 Å². The normalized spacial score (nSPS) is 18.7. The van der Waals surface area contributed by atoms with Crippen molar-refractivity contribution in [3.63, 3.8) is 0 Å². The highest BCUT2D eigenvalue weighted by Gasteiger charge is 2.28. The summed E-state index contributed by atoms with van der Waals surface area (Å²) in [5, 5.41) is 19.4. The Labute approximate surface area is 262 Å². The van der Waals surface area contributed by atoms with E-state index in [1.165, 1.54) is 24.6 Å². The monoisotopic (exact) mass is 620 g/mol. The van der Waals surface area contributed by atoms with Crippen molar-refractivity contribution in [3.8, 4) is 5.75 Å². The van der Waals surface area contributed by atoms with E-state index in [9.17, 15) is 23.9 Å². The Hall–Kier alpha value is -4.25. The van der Waals surface area contributed by atoms with Crippen LogP contribution in [0.25, 0.3) is 0 Å². The van der Waals surface area contributed by atoms with Crippen LogP contribution in [0.5, 0.6) is 5.75 Å². The lowest BCUT2D eigenvalue weighted by molar-refractivity contribution is -0.123. The van der Waals surface area contributed by atoms with Crippen LogP contribution in [-0.2, 0) is 22.7 Å². The van der Waals surface area contributed by atoms with Gasteiger partial charge in [-0.05, 0) is 49.3 Å². The number of nitrogens with zero attached hydrogens (tertiary/aromatic N) is 2. The molecule has 1 aromatic heterocycles. The molecule has 2 amide bonds. The molecule has 0 saturated heterocycles. The first kappa shape index (κ1) is 32.2. The Morgan fingerprint density at radius 3 is 2.47 bits per heavy atom. The summed E-state index contributed by atoms with van der Waals surface area (Å²) in [7, 11) is 0. The summed E-state index contributed by atoms with van der Waals surface area (Å²) in [5.41, 5.74) is 0.838. The molecule has 2 aliphatic rings. The van der Waals surface area contributed by atoms with Gasteiger partial charge in [-0.3, -0.25) is 9.59 Å². The molecule has 5 rings (SSSR count). The highest BCUT2D eigenvalue weighted by atomic mass is 19.1. The van der Waals surface area contributed by atoms with Gasteiger partial charge < -0.3 is 25.2 Å². The van der Waals surface area contributed by atoms with Crippen molar-refractivity contribution in [2.75, 3.05) is 18.5 Å². The fraction of sp³-hybridized carbons (Fsp3) is 0.471. The Morgan fingerprint density at radius 1 is 0.933 bits per heavy atom. The third-order valence-corrected chi connectivity index (χ3v) is 8.62. The Morgan fingerprint density at radius 2 is 1.69 bits per heavy atom. The van der Waals surface area contributed by atoms with Crippen molar-refractivity contribution < 1.29 is 33.4 Å². The van der Waals surface area contributed by atoms with Crippen LogP contribution in [0, 0.1) is 17.7 Å². The standard InChI is InChI=1S/C34H41FN4O6/c35-26-15-16-28(31(17-26)45-21-24-11-5-2-6-12-24)37-33(41)30-18-29(34(42)43)38-39(30)19-32(40)36-27-14-8-7-13-25(27)22-44-20-23-9-3-1-4-10-23/h1,3-4,9-10,15-18,24-25,27H,2,5-8,11-14,19-22H2,(H,36,40)(H,37,41)(H,42,43)/t25-,27+/m1/s1. The van der Waals surface area contributed by atoms with Crippen molar-refractivity contribution in [3.05, 3.63) is 77.4 Å². The first-order chi connectivity index (χ1) is 21.9. The minimum absolute atomic E-state index is 0.114. The molecule has 2 aromatic carbocycles. The van der Waals surface area contributed by atoms with E-state index in [0.717, 1.165) is 67.7 Å². The number of carboxylic acid groups (broad SMARTS) is 1. The Balaban J connectivity index is 1.23. The van der Waals surface area contributed by atoms with Crippen LogP contribution in [-0.4, -0.2) is 51.9 Å². The molecule has 0 aliphatic heterocycles. The van der Waals surface area contributed by atoms with Crippen LogP contribution in [0.4, 0.5) is 10.1 Å². The zero-order chi connectivity index (χ0) is 31.6. The number of carbonyl (C=O) groups is 3. The van der Waals surface area contributed by atoms with Crippen LogP contribution >= 0.6 is 0 Å². The highest BCUT2D eigenvalue weighted by molar-refractivity contribution is 6.05. The van der Waals surface area contributed by atoms with Gasteiger partial charge in [-0.15, -0.1) is 0 Å². The maximum Gasteiger partial charge on any atom is 0.356 e. The molecule has 2 aliphatic carbocycles. The van der Waals surface area contributed by atoms with Crippen molar-refractivity contribution in [1.82, 2.24) is 15.1 Å². The van der Waals surface area contributed by atoms with E-state index in [4.69, 9.17) is 9.47 Å². The minimum atomic E-state index is -1.33. The second-order valence-electron chi connectivity index (χ2n) is 12.0. The first-order valence-corrected chi connectivity index (χ1v) is 15.8. The maximum atomic E-state index is 14.1. The van der Waals surface area contributed by atoms with Crippen LogP contribution in [0.2, 0.25) is 0 Å². The lowest BCUT2D eigenvalue weighted by Gasteiger charge is -2.32. The number of anilines is 1. The van der Waals surface area contributed by atoms with E-state index in [0.29, 0.717) is 25.7 Å². The van der Waals surface area contributed by atoms with Crippen LogP contribution in [0.1, 0.15) is 84.3 Å². The number of hydrogen-bond donors (Lipinski definition) is 3. The van der Waals surface area contributed by atoms with E-state index in [1.54, 1.807) is 0 Å². The molecule has 3 N–H and O–H groups in total. The second kappa shape index (κ2) is 15.7. The summed E-state index contributed by atoms with van der Waals surface area (Å²) in [5.74, 6) is -2.23. The number of amides is 2. The van der Waals surface area contributed by atoms with Crippen LogP contribution in [0.15, 0.2) is 54.6 Å². The molecule has 11 heteroatoms. The first-order valence-electron chi connectivity index (χ1n) is 15.8. The molecule has 2 atom stereocenters. The average molecular weight is 621 g/mol. The number of hydrogen-bond acceptors (Lipinski definition) is 6. The highest BCUT2D eigenvalue weighted by Crippen LogP contribution is 2.30. The van der Waals surface area contributed by atoms with Crippen molar-refractivity contribution >= 4 is 23.5 Å². The van der Waals surface area contributed by atoms with Gasteiger partial charge in [0, 0.05) is 24.1 Å². The number of carbonyl (C=O) groups excluding carboxylic acids is 2. The van der Waals surface area contributed by atoms with Gasteiger partial charge in [0.15, 0.2) is 5.69 Å². The van der Waals surface area contributed by atoms with E-state index in [1.807, 2.05) is 30.3 Å². The van der Waals surface area contributed by atoms with Gasteiger partial charge in [-0.25, -0.2) is 13.9 Å². The van der Waals surface area contributed by atoms with E-state index < -0.39 is 17.7 Å². The molecular formula is C34H41FN4O6. The molecule has 1 heterocycles. The second-order valence-corrected chi connectivity index (χ2v) is 12.0. The predicted molar refractivity (Wildman–Crippen MR) is 166 cm³/mol. The fourth-order valence-corrected chi connectivity index (χ4v) is 6.18. The number of rotatable bonds is 13. The summed E-state index contributed by atoms with van der Waals surface area (Å²) in [6, 6.07) is 14.7. The van der Waals surface area contributed by atoms with Gasteiger partial charge in [0.05, 0.1) is 25.5 Å². The SMILES string of the molecule is O=C(Cn1nc(C(=O)O)cc1C(=O)Nc1ccc(F)cc1OCC1CCCCC1)N[C@H]1CCCC[C@@H]1COCc1ccccc1. The molecule has 240 valence electrons. The largest absolute Gasteiger partial charge is 0.491 e. The molecule has 3 aromatic rings. The molecular weight excluding hydrogens is 579 g/mol. The topological polar surface area (TPSA) is 132 Å². The van der Waals surface area contributed by atoms with E-state index >= 15 is 0 Å². The average Bonchev–Trinajstić information content (AvgIpc) is 3.47. The number of carboxylic acids is 1. The number of ether oxygens (including phenoxy) is 2. The van der Waals surface area contributed by atoms with E-state index in [-0.39, 0.29) is 47.2 Å². The zero-order valence-electron chi connectivity index (χ0n) is 25.4. The summed E-state index contributed by atoms with van der Waals surface area (Å²) in [6.45, 7) is 1.05. The lowest BCUT2D eigenvalue weighted by atomic mass is 9.85. The number of aromatic nitrogens is 2. The summed E-state index contributed by atoms with van der Waals surface area (Å²) in [6.07, 6.45) is 9.28. The lowest BCUT2D eigenvalue weighted by Crippen LogP contribution is -2.45. The Kier molecular flexibility index (Phi) is 11.2. The van der Waals surface area contributed by atoms with Gasteiger partial charge in [-0.2, -0.15) is 5.10 Å². The number of benzene rings is 2. The van der Waals surface area contributed by atoms with Gasteiger partial charge >= 0.3 is 5.97 Å². The molecule has 10 nitrogen and oxygen atoms in total. The minimum Gasteiger partial charge on any atom is -0.491 e. The van der Waals surface area contributed by atoms with Gasteiger partial charge in [0.1, 0.15) is 23.8 Å². The number of halogens is 1. The molecule has 0 bridgehead atoms. The Bertz CT molecular complexity index is 1460. The predicted octanol–water partition coefficient (Wildman–Crippen LogP) is 5.82. The zero-order valence-corrected chi connectivity index (χ0v) is 25.4. The number of aromatic carboxylic acids is 1. The van der Waals surface area contributed by atoms with Crippen molar-refractivity contribution in [2.45, 2.75) is 77.0 Å². The summed E-state index contributed by atoms with van der Waals surface area (Å²) < 4.78 is 27.1. The number of nitrogens with one attached hydrogen (secondary N) is 2. The fourth-order valence-electron chi connectivity index (χ4n) is 6.18. The smallest absolute Gasteiger partial charge is 0.356 e. The maximum absolute atomic E-state index is 14.1. The quantitative estimate of drug-likeness (QED) is 0.219. The van der Waals surface area contributed by atoms with Crippen LogP contribution < -0.4 is 15.4 Å². The van der Waals surface area contributed by atoms with Crippen molar-refractivity contribution in [2.24, 2.45) is 11.8 Å². The molecule has 2 fully saturated rings. The molecule has 45 heavy (non-hydrogen) atoms. The molecule has 2 saturated carbocycles. The third kappa shape index (κ3) is 9.13. The molecule has 0 spiro atoms. The molecule has 0 unspecified atom stereocenters. The van der Waals surface area contributed by atoms with Gasteiger partial charge in [0.2, 0.25) is 5.91 Å².